The van der Waals surface area contributed by atoms with Gasteiger partial charge >= 0.3 is 0 Å². The molecule has 1 N–H and O–H groups in total. The number of carbonyl (C=O) groups is 1. The summed E-state index contributed by atoms with van der Waals surface area (Å²) in [6.45, 7) is 4.42. The molecule has 0 unspecified atom stereocenters. The van der Waals surface area contributed by atoms with Gasteiger partial charge in [-0.25, -0.2) is 4.98 Å². The Labute approximate surface area is 127 Å². The molecule has 110 valence electrons. The molecule has 5 nitrogen and oxygen atoms in total. The molecular formula is C15H17N3O2S. The van der Waals surface area contributed by atoms with Crippen LogP contribution in [0.1, 0.15) is 38.5 Å². The number of ether oxygens (including phenoxy) is 1. The van der Waals surface area contributed by atoms with Crippen molar-refractivity contribution in [3.05, 3.63) is 45.7 Å². The Balaban J connectivity index is 1.75. The van der Waals surface area contributed by atoms with E-state index in [1.165, 1.54) is 11.3 Å². The van der Waals surface area contributed by atoms with Gasteiger partial charge in [0.05, 0.1) is 16.7 Å². The van der Waals surface area contributed by atoms with Crippen LogP contribution < -0.4 is 5.32 Å². The number of pyridine rings is 1. The summed E-state index contributed by atoms with van der Waals surface area (Å²) in [5, 5.41) is 3.98. The summed E-state index contributed by atoms with van der Waals surface area (Å²) in [4.78, 5) is 21.5. The number of rotatable bonds is 3. The summed E-state index contributed by atoms with van der Waals surface area (Å²) in [5.74, 6) is -0.0671. The molecule has 3 heterocycles. The monoisotopic (exact) mass is 303 g/mol. The van der Waals surface area contributed by atoms with Crippen LogP contribution in [0.4, 0.5) is 0 Å². The van der Waals surface area contributed by atoms with Gasteiger partial charge in [0.2, 0.25) is 0 Å². The van der Waals surface area contributed by atoms with E-state index < -0.39 is 0 Å². The van der Waals surface area contributed by atoms with Crippen LogP contribution in [0.5, 0.6) is 0 Å². The van der Waals surface area contributed by atoms with Crippen LogP contribution in [0.2, 0.25) is 0 Å². The summed E-state index contributed by atoms with van der Waals surface area (Å²) in [6, 6.07) is 3.83. The maximum Gasteiger partial charge on any atom is 0.263 e. The van der Waals surface area contributed by atoms with Gasteiger partial charge in [-0.2, -0.15) is 0 Å². The Morgan fingerprint density at radius 3 is 3.00 bits per heavy atom. The Morgan fingerprint density at radius 1 is 1.48 bits per heavy atom. The molecule has 0 aromatic carbocycles. The van der Waals surface area contributed by atoms with E-state index in [9.17, 15) is 4.79 Å². The first kappa shape index (κ1) is 14.2. The largest absolute Gasteiger partial charge is 0.371 e. The fraction of sp³-hybridized carbons (Fsp3) is 0.400. The second-order valence-corrected chi connectivity index (χ2v) is 6.30. The Morgan fingerprint density at radius 2 is 2.33 bits per heavy atom. The molecule has 1 saturated heterocycles. The first-order valence-electron chi connectivity index (χ1n) is 6.91. The van der Waals surface area contributed by atoms with E-state index in [4.69, 9.17) is 4.74 Å². The lowest BCUT2D eigenvalue weighted by atomic mass is 10.0. The van der Waals surface area contributed by atoms with Gasteiger partial charge in [-0.3, -0.25) is 9.78 Å². The lowest BCUT2D eigenvalue weighted by Gasteiger charge is -2.19. The second-order valence-electron chi connectivity index (χ2n) is 5.09. The van der Waals surface area contributed by atoms with Crippen LogP contribution in [0.25, 0.3) is 0 Å². The van der Waals surface area contributed by atoms with Crippen molar-refractivity contribution >= 4 is 17.2 Å². The molecule has 1 aliphatic heterocycles. The number of nitrogens with one attached hydrogen (secondary N) is 1. The number of aromatic nitrogens is 2. The number of thiazole rings is 1. The van der Waals surface area contributed by atoms with E-state index in [0.29, 0.717) is 11.5 Å². The third kappa shape index (κ3) is 2.96. The summed E-state index contributed by atoms with van der Waals surface area (Å²) in [5.41, 5.74) is 1.78. The van der Waals surface area contributed by atoms with Crippen LogP contribution in [0.3, 0.4) is 0 Å². The van der Waals surface area contributed by atoms with Crippen LogP contribution in [0, 0.1) is 13.8 Å². The van der Waals surface area contributed by atoms with Crippen LogP contribution in [0.15, 0.2) is 24.5 Å². The zero-order valence-corrected chi connectivity index (χ0v) is 12.8. The fourth-order valence-electron chi connectivity index (χ4n) is 2.59. The average Bonchev–Trinajstić information content (AvgIpc) is 3.06. The maximum absolute atomic E-state index is 12.4. The number of amides is 1. The van der Waals surface area contributed by atoms with E-state index in [0.717, 1.165) is 22.7 Å². The molecule has 2 aromatic rings. The molecule has 3 rings (SSSR count). The van der Waals surface area contributed by atoms with E-state index in [1.807, 2.05) is 26.0 Å². The molecule has 0 bridgehead atoms. The minimum Gasteiger partial charge on any atom is -0.371 e. The Kier molecular flexibility index (Phi) is 3.98. The standard InChI is InChI=1S/C15H17N3O2S/c1-9-14(21-10(2)17-9)15(19)18-12-5-7-20-13(12)11-4-3-6-16-8-11/h3-4,6,8,12-13H,5,7H2,1-2H3,(H,18,19)/t12-,13+/m0/s1. The fourth-order valence-corrected chi connectivity index (χ4v) is 3.41. The molecule has 0 radical (unpaired) electrons. The van der Waals surface area contributed by atoms with Gasteiger partial charge in [0.1, 0.15) is 11.0 Å². The van der Waals surface area contributed by atoms with Crippen molar-refractivity contribution in [3.63, 3.8) is 0 Å². The molecular weight excluding hydrogens is 286 g/mol. The first-order valence-corrected chi connectivity index (χ1v) is 7.73. The predicted molar refractivity (Wildman–Crippen MR) is 80.4 cm³/mol. The van der Waals surface area contributed by atoms with E-state index in [2.05, 4.69) is 15.3 Å². The quantitative estimate of drug-likeness (QED) is 0.946. The third-order valence-electron chi connectivity index (χ3n) is 3.53. The van der Waals surface area contributed by atoms with Crippen LogP contribution >= 0.6 is 11.3 Å². The Hall–Kier alpha value is -1.79. The number of hydrogen-bond acceptors (Lipinski definition) is 5. The van der Waals surface area contributed by atoms with E-state index >= 15 is 0 Å². The topological polar surface area (TPSA) is 64.1 Å². The van der Waals surface area contributed by atoms with Crippen molar-refractivity contribution in [2.24, 2.45) is 0 Å². The van der Waals surface area contributed by atoms with Gasteiger partial charge in [-0.1, -0.05) is 6.07 Å². The van der Waals surface area contributed by atoms with Crippen LogP contribution in [-0.2, 0) is 4.74 Å². The van der Waals surface area contributed by atoms with Gasteiger partial charge < -0.3 is 10.1 Å². The number of aryl methyl sites for hydroxylation is 2. The zero-order valence-electron chi connectivity index (χ0n) is 12.0. The highest BCUT2D eigenvalue weighted by Crippen LogP contribution is 2.29. The van der Waals surface area contributed by atoms with Gasteiger partial charge in [-0.05, 0) is 26.3 Å². The van der Waals surface area contributed by atoms with Gasteiger partial charge in [0.15, 0.2) is 0 Å². The minimum absolute atomic E-state index is 0.0245. The average molecular weight is 303 g/mol. The molecule has 1 amide bonds. The SMILES string of the molecule is Cc1nc(C)c(C(=O)N[C@H]2CCO[C@@H]2c2cccnc2)s1. The second kappa shape index (κ2) is 5.91. The summed E-state index contributed by atoms with van der Waals surface area (Å²) in [6.07, 6.45) is 4.20. The van der Waals surface area contributed by atoms with Gasteiger partial charge in [0, 0.05) is 24.6 Å². The number of nitrogens with zero attached hydrogens (tertiary/aromatic N) is 2. The first-order chi connectivity index (χ1) is 10.1. The molecule has 2 atom stereocenters. The predicted octanol–water partition coefficient (Wildman–Crippen LogP) is 2.41. The van der Waals surface area contributed by atoms with Crippen molar-refractivity contribution in [1.82, 2.24) is 15.3 Å². The molecule has 2 aromatic heterocycles. The van der Waals surface area contributed by atoms with Crippen molar-refractivity contribution in [2.75, 3.05) is 6.61 Å². The smallest absolute Gasteiger partial charge is 0.263 e. The third-order valence-corrected chi connectivity index (χ3v) is 4.60. The normalized spacial score (nSPS) is 21.4. The van der Waals surface area contributed by atoms with Crippen molar-refractivity contribution in [1.29, 1.82) is 0 Å². The molecule has 1 aliphatic rings. The van der Waals surface area contributed by atoms with Gasteiger partial charge in [-0.15, -0.1) is 11.3 Å². The molecule has 1 fully saturated rings. The van der Waals surface area contributed by atoms with E-state index in [-0.39, 0.29) is 18.1 Å². The molecule has 21 heavy (non-hydrogen) atoms. The van der Waals surface area contributed by atoms with Crippen molar-refractivity contribution in [3.8, 4) is 0 Å². The highest BCUT2D eigenvalue weighted by molar-refractivity contribution is 7.13. The maximum atomic E-state index is 12.4. The van der Waals surface area contributed by atoms with Gasteiger partial charge in [0.25, 0.3) is 5.91 Å². The molecule has 0 saturated carbocycles. The molecule has 0 spiro atoms. The number of hydrogen-bond donors (Lipinski definition) is 1. The minimum atomic E-state index is -0.128. The van der Waals surface area contributed by atoms with Crippen molar-refractivity contribution in [2.45, 2.75) is 32.4 Å². The lowest BCUT2D eigenvalue weighted by molar-refractivity contribution is 0.0823. The van der Waals surface area contributed by atoms with Crippen LogP contribution in [-0.4, -0.2) is 28.5 Å². The summed E-state index contributed by atoms with van der Waals surface area (Å²) in [7, 11) is 0. The van der Waals surface area contributed by atoms with E-state index in [1.54, 1.807) is 12.4 Å². The number of carbonyl (C=O) groups excluding carboxylic acids is 1. The molecule has 0 aliphatic carbocycles. The lowest BCUT2D eigenvalue weighted by Crippen LogP contribution is -2.36. The summed E-state index contributed by atoms with van der Waals surface area (Å²) < 4.78 is 5.76. The summed E-state index contributed by atoms with van der Waals surface area (Å²) >= 11 is 1.43. The molecule has 6 heteroatoms. The Bertz CT molecular complexity index is 642. The highest BCUT2D eigenvalue weighted by atomic mass is 32.1. The van der Waals surface area contributed by atoms with Crippen molar-refractivity contribution < 1.29 is 9.53 Å². The highest BCUT2D eigenvalue weighted by Gasteiger charge is 2.31. The zero-order chi connectivity index (χ0) is 14.8.